The molecular weight excluding hydrogens is 226 g/mol. The number of aliphatic carboxylic acids is 1. The first-order valence-electron chi connectivity index (χ1n) is 4.73. The number of hydrogen-bond donors (Lipinski definition) is 1. The third-order valence-electron chi connectivity index (χ3n) is 1.99. The molecule has 7 heteroatoms. The van der Waals surface area contributed by atoms with Crippen LogP contribution in [0.15, 0.2) is 23.0 Å². The summed E-state index contributed by atoms with van der Waals surface area (Å²) in [6.45, 7) is 0. The molecule has 88 valence electrons. The van der Waals surface area contributed by atoms with Gasteiger partial charge in [-0.25, -0.2) is 9.97 Å². The van der Waals surface area contributed by atoms with Crippen LogP contribution in [0, 0.1) is 0 Å². The quantitative estimate of drug-likeness (QED) is 0.835. The van der Waals surface area contributed by atoms with Crippen molar-refractivity contribution in [1.82, 2.24) is 15.1 Å². The van der Waals surface area contributed by atoms with Crippen LogP contribution in [-0.2, 0) is 11.2 Å². The van der Waals surface area contributed by atoms with Crippen molar-refractivity contribution in [3.05, 3.63) is 24.2 Å². The fourth-order valence-corrected chi connectivity index (χ4v) is 1.24. The van der Waals surface area contributed by atoms with E-state index >= 15 is 0 Å². The zero-order chi connectivity index (χ0) is 12.3. The van der Waals surface area contributed by atoms with Crippen LogP contribution >= 0.6 is 0 Å². The van der Waals surface area contributed by atoms with E-state index in [0.717, 1.165) is 0 Å². The number of ether oxygens (including phenoxy) is 1. The van der Waals surface area contributed by atoms with Crippen molar-refractivity contribution in [3.8, 4) is 17.3 Å². The molecule has 0 saturated heterocycles. The number of carbonyl (C=O) groups is 1. The minimum Gasteiger partial charge on any atom is -0.481 e. The molecule has 0 bridgehead atoms. The smallest absolute Gasteiger partial charge is 0.316 e. The van der Waals surface area contributed by atoms with Crippen molar-refractivity contribution < 1.29 is 19.2 Å². The molecule has 0 saturated carbocycles. The number of rotatable bonds is 4. The van der Waals surface area contributed by atoms with E-state index in [9.17, 15) is 4.79 Å². The zero-order valence-electron chi connectivity index (χ0n) is 8.95. The molecule has 0 aromatic carbocycles. The van der Waals surface area contributed by atoms with E-state index in [0.29, 0.717) is 11.3 Å². The van der Waals surface area contributed by atoms with E-state index < -0.39 is 5.97 Å². The summed E-state index contributed by atoms with van der Waals surface area (Å²) in [5.74, 6) is -0.693. The van der Waals surface area contributed by atoms with Gasteiger partial charge in [-0.1, -0.05) is 5.16 Å². The Balaban J connectivity index is 2.21. The summed E-state index contributed by atoms with van der Waals surface area (Å²) >= 11 is 0. The fourth-order valence-electron chi connectivity index (χ4n) is 1.24. The van der Waals surface area contributed by atoms with E-state index in [2.05, 4.69) is 15.1 Å². The summed E-state index contributed by atoms with van der Waals surface area (Å²) in [6.07, 6.45) is 2.84. The summed E-state index contributed by atoms with van der Waals surface area (Å²) in [4.78, 5) is 18.3. The molecule has 0 spiro atoms. The number of carboxylic acids is 1. The largest absolute Gasteiger partial charge is 0.481 e. The number of hydrogen-bond acceptors (Lipinski definition) is 6. The third-order valence-corrected chi connectivity index (χ3v) is 1.99. The maximum absolute atomic E-state index is 10.5. The molecule has 0 aliphatic heterocycles. The third kappa shape index (κ3) is 2.57. The number of nitrogens with zero attached hydrogens (tertiary/aromatic N) is 3. The summed E-state index contributed by atoms with van der Waals surface area (Å²) in [6, 6.07) is 1.79. The van der Waals surface area contributed by atoms with Crippen LogP contribution in [0.3, 0.4) is 0 Å². The topological polar surface area (TPSA) is 98.3 Å². The second-order valence-corrected chi connectivity index (χ2v) is 3.21. The lowest BCUT2D eigenvalue weighted by Crippen LogP contribution is -1.97. The minimum absolute atomic E-state index is 0.204. The van der Waals surface area contributed by atoms with Gasteiger partial charge < -0.3 is 14.4 Å². The molecule has 0 aliphatic carbocycles. The van der Waals surface area contributed by atoms with Crippen LogP contribution in [0.2, 0.25) is 0 Å². The molecule has 2 heterocycles. The van der Waals surface area contributed by atoms with Crippen molar-refractivity contribution in [1.29, 1.82) is 0 Å². The van der Waals surface area contributed by atoms with E-state index in [1.807, 2.05) is 0 Å². The van der Waals surface area contributed by atoms with Crippen molar-refractivity contribution >= 4 is 5.97 Å². The number of methoxy groups -OCH3 is 1. The van der Waals surface area contributed by atoms with Crippen LogP contribution in [0.25, 0.3) is 11.3 Å². The summed E-state index contributed by atoms with van der Waals surface area (Å²) < 4.78 is 9.69. The van der Waals surface area contributed by atoms with Crippen molar-refractivity contribution in [2.24, 2.45) is 0 Å². The van der Waals surface area contributed by atoms with Gasteiger partial charge in [0.15, 0.2) is 0 Å². The van der Waals surface area contributed by atoms with Crippen molar-refractivity contribution in [3.63, 3.8) is 0 Å². The first-order chi connectivity index (χ1) is 8.19. The van der Waals surface area contributed by atoms with Gasteiger partial charge in [0.05, 0.1) is 7.11 Å². The molecule has 7 nitrogen and oxygen atoms in total. The van der Waals surface area contributed by atoms with Crippen LogP contribution in [0.5, 0.6) is 6.01 Å². The Morgan fingerprint density at radius 2 is 2.18 bits per heavy atom. The molecule has 0 aliphatic rings. The van der Waals surface area contributed by atoms with Crippen LogP contribution in [0.4, 0.5) is 0 Å². The standard InChI is InChI=1S/C10H9N3O4/c1-16-10-11-4-6(5-12-10)8-2-7(17-13-8)3-9(14)15/h2,4-5H,3H2,1H3,(H,14,15). The molecule has 0 radical (unpaired) electrons. The zero-order valence-corrected chi connectivity index (χ0v) is 8.95. The first-order valence-corrected chi connectivity index (χ1v) is 4.73. The second kappa shape index (κ2) is 4.60. The highest BCUT2D eigenvalue weighted by atomic mass is 16.5. The fraction of sp³-hybridized carbons (Fsp3) is 0.200. The van der Waals surface area contributed by atoms with Crippen LogP contribution in [0.1, 0.15) is 5.76 Å². The van der Waals surface area contributed by atoms with Gasteiger partial charge >= 0.3 is 12.0 Å². The Bertz CT molecular complexity index is 521. The molecule has 0 fully saturated rings. The van der Waals surface area contributed by atoms with Crippen molar-refractivity contribution in [2.45, 2.75) is 6.42 Å². The number of carboxylic acid groups (broad SMARTS) is 1. The second-order valence-electron chi connectivity index (χ2n) is 3.21. The summed E-state index contributed by atoms with van der Waals surface area (Å²) in [7, 11) is 1.47. The van der Waals surface area contributed by atoms with Gasteiger partial charge in [-0.2, -0.15) is 0 Å². The predicted molar refractivity (Wildman–Crippen MR) is 55.4 cm³/mol. The molecule has 2 rings (SSSR count). The highest BCUT2D eigenvalue weighted by molar-refractivity contribution is 5.70. The molecule has 0 atom stereocenters. The molecule has 0 unspecified atom stereocenters. The minimum atomic E-state index is -0.973. The SMILES string of the molecule is COc1ncc(-c2cc(CC(=O)O)on2)cn1. The Morgan fingerprint density at radius 1 is 1.47 bits per heavy atom. The molecule has 2 aromatic rings. The first kappa shape index (κ1) is 11.1. The van der Waals surface area contributed by atoms with E-state index in [1.165, 1.54) is 19.5 Å². The van der Waals surface area contributed by atoms with Crippen LogP contribution in [-0.4, -0.2) is 33.3 Å². The molecule has 1 N–H and O–H groups in total. The Labute approximate surface area is 96.1 Å². The van der Waals surface area contributed by atoms with Gasteiger partial charge in [0.25, 0.3) is 0 Å². The Hall–Kier alpha value is -2.44. The van der Waals surface area contributed by atoms with E-state index in [-0.39, 0.29) is 18.2 Å². The molecular formula is C10H9N3O4. The number of aromatic nitrogens is 3. The predicted octanol–water partition coefficient (Wildman–Crippen LogP) is 0.767. The van der Waals surface area contributed by atoms with Crippen molar-refractivity contribution in [2.75, 3.05) is 7.11 Å². The average molecular weight is 235 g/mol. The maximum Gasteiger partial charge on any atom is 0.316 e. The maximum atomic E-state index is 10.5. The monoisotopic (exact) mass is 235 g/mol. The lowest BCUT2D eigenvalue weighted by atomic mass is 10.2. The van der Waals surface area contributed by atoms with Gasteiger partial charge in [0, 0.05) is 24.0 Å². The van der Waals surface area contributed by atoms with Gasteiger partial charge in [-0.05, 0) is 0 Å². The van der Waals surface area contributed by atoms with E-state index in [1.54, 1.807) is 6.07 Å². The lowest BCUT2D eigenvalue weighted by molar-refractivity contribution is -0.136. The lowest BCUT2D eigenvalue weighted by Gasteiger charge is -1.96. The Morgan fingerprint density at radius 3 is 2.76 bits per heavy atom. The van der Waals surface area contributed by atoms with Gasteiger partial charge in [0.2, 0.25) is 0 Å². The van der Waals surface area contributed by atoms with Gasteiger partial charge in [-0.15, -0.1) is 0 Å². The highest BCUT2D eigenvalue weighted by Crippen LogP contribution is 2.18. The highest BCUT2D eigenvalue weighted by Gasteiger charge is 2.10. The normalized spacial score (nSPS) is 10.2. The average Bonchev–Trinajstić information content (AvgIpc) is 2.77. The Kier molecular flexibility index (Phi) is 2.99. The van der Waals surface area contributed by atoms with Gasteiger partial charge in [0.1, 0.15) is 17.9 Å². The van der Waals surface area contributed by atoms with Crippen LogP contribution < -0.4 is 4.74 Å². The molecule has 0 amide bonds. The summed E-state index contributed by atoms with van der Waals surface area (Å²) in [5, 5.41) is 12.3. The van der Waals surface area contributed by atoms with Gasteiger partial charge in [-0.3, -0.25) is 4.79 Å². The summed E-state index contributed by atoms with van der Waals surface area (Å²) in [5.41, 5.74) is 1.12. The molecule has 2 aromatic heterocycles. The molecule has 17 heavy (non-hydrogen) atoms. The van der Waals surface area contributed by atoms with E-state index in [4.69, 9.17) is 14.4 Å².